The Morgan fingerprint density at radius 1 is 1.18 bits per heavy atom. The van der Waals surface area contributed by atoms with Crippen molar-refractivity contribution in [1.29, 1.82) is 0 Å². The number of aliphatic hydroxyl groups excluding tert-OH is 1. The lowest BCUT2D eigenvalue weighted by Crippen LogP contribution is -2.15. The molecule has 0 amide bonds. The molecule has 172 valence electrons. The van der Waals surface area contributed by atoms with Crippen LogP contribution in [0.3, 0.4) is 0 Å². The largest absolute Gasteiger partial charge is 0.465 e. The molecule has 2 atom stereocenters. The summed E-state index contributed by atoms with van der Waals surface area (Å²) in [5.74, 6) is 0.176. The van der Waals surface area contributed by atoms with Gasteiger partial charge in [0.05, 0.1) is 18.8 Å². The Bertz CT molecular complexity index is 1110. The van der Waals surface area contributed by atoms with Gasteiger partial charge < -0.3 is 14.7 Å². The van der Waals surface area contributed by atoms with Crippen molar-refractivity contribution >= 4 is 17.3 Å². The van der Waals surface area contributed by atoms with Crippen LogP contribution in [0.15, 0.2) is 60.9 Å². The number of pyridine rings is 1. The predicted octanol–water partition coefficient (Wildman–Crippen LogP) is 5.74. The smallest absolute Gasteiger partial charge is 0.338 e. The third-order valence-electron chi connectivity index (χ3n) is 6.79. The summed E-state index contributed by atoms with van der Waals surface area (Å²) in [6.45, 7) is 1.78. The van der Waals surface area contributed by atoms with Crippen LogP contribution in [0.1, 0.15) is 70.8 Å². The van der Waals surface area contributed by atoms with E-state index in [-0.39, 0.29) is 5.97 Å². The highest BCUT2D eigenvalue weighted by molar-refractivity contribution is 5.90. The van der Waals surface area contributed by atoms with Crippen LogP contribution in [0.2, 0.25) is 0 Å². The number of rotatable bonds is 7. The van der Waals surface area contributed by atoms with Crippen molar-refractivity contribution in [3.05, 3.63) is 88.7 Å². The summed E-state index contributed by atoms with van der Waals surface area (Å²) < 4.78 is 4.93. The number of aliphatic hydroxyl groups is 1. The van der Waals surface area contributed by atoms with Crippen LogP contribution in [-0.4, -0.2) is 30.2 Å². The molecule has 2 aromatic carbocycles. The number of aryl methyl sites for hydroxylation is 2. The number of anilines is 2. The zero-order chi connectivity index (χ0) is 23.4. The van der Waals surface area contributed by atoms with Crippen LogP contribution < -0.4 is 4.90 Å². The topological polar surface area (TPSA) is 62.7 Å². The molecule has 33 heavy (non-hydrogen) atoms. The van der Waals surface area contributed by atoms with Crippen LogP contribution in [0, 0.1) is 0 Å². The first-order valence-electron chi connectivity index (χ1n) is 11.6. The number of carbonyl (C=O) groups excluding carboxylic acids is 1. The van der Waals surface area contributed by atoms with Gasteiger partial charge in [0, 0.05) is 30.8 Å². The molecule has 0 saturated carbocycles. The summed E-state index contributed by atoms with van der Waals surface area (Å²) in [5, 5.41) is 9.76. The minimum atomic E-state index is -0.458. The predicted molar refractivity (Wildman–Crippen MR) is 131 cm³/mol. The molecular weight excluding hydrogens is 412 g/mol. The second-order valence-electron chi connectivity index (χ2n) is 8.86. The second-order valence-corrected chi connectivity index (χ2v) is 8.86. The van der Waals surface area contributed by atoms with E-state index in [1.165, 1.54) is 30.3 Å². The van der Waals surface area contributed by atoms with Crippen LogP contribution in [0.5, 0.6) is 0 Å². The quantitative estimate of drug-likeness (QED) is 0.471. The van der Waals surface area contributed by atoms with E-state index >= 15 is 0 Å². The number of ether oxygens (including phenoxy) is 1. The van der Waals surface area contributed by atoms with E-state index in [1.807, 2.05) is 12.1 Å². The van der Waals surface area contributed by atoms with Crippen molar-refractivity contribution in [3.8, 4) is 0 Å². The normalized spacial score (nSPS) is 16.1. The molecule has 0 spiro atoms. The minimum Gasteiger partial charge on any atom is -0.465 e. The second kappa shape index (κ2) is 10.2. The summed E-state index contributed by atoms with van der Waals surface area (Å²) in [4.78, 5) is 18.5. The van der Waals surface area contributed by atoms with Gasteiger partial charge in [-0.1, -0.05) is 18.2 Å². The van der Waals surface area contributed by atoms with Gasteiger partial charge in [-0.15, -0.1) is 0 Å². The molecule has 0 saturated heterocycles. The zero-order valence-corrected chi connectivity index (χ0v) is 19.6. The van der Waals surface area contributed by atoms with E-state index in [0.717, 1.165) is 42.5 Å². The number of nitrogens with zero attached hydrogens (tertiary/aromatic N) is 2. The zero-order valence-electron chi connectivity index (χ0n) is 19.6. The molecule has 0 bridgehead atoms. The van der Waals surface area contributed by atoms with Crippen molar-refractivity contribution in [1.82, 2.24) is 4.98 Å². The number of methoxy groups -OCH3 is 1. The van der Waals surface area contributed by atoms with Gasteiger partial charge in [-0.2, -0.15) is 0 Å². The fourth-order valence-corrected chi connectivity index (χ4v) is 4.80. The van der Waals surface area contributed by atoms with Gasteiger partial charge in [0.2, 0.25) is 0 Å². The minimum absolute atomic E-state index is 0.300. The fourth-order valence-electron chi connectivity index (χ4n) is 4.80. The maximum absolute atomic E-state index is 12.1. The lowest BCUT2D eigenvalue weighted by Gasteiger charge is -2.28. The van der Waals surface area contributed by atoms with Gasteiger partial charge in [-0.25, -0.2) is 4.79 Å². The summed E-state index contributed by atoms with van der Waals surface area (Å²) in [5.41, 5.74) is 7.58. The third-order valence-corrected chi connectivity index (χ3v) is 6.79. The van der Waals surface area contributed by atoms with E-state index in [0.29, 0.717) is 11.5 Å². The van der Waals surface area contributed by atoms with Crippen molar-refractivity contribution in [2.45, 2.75) is 51.0 Å². The lowest BCUT2D eigenvalue weighted by molar-refractivity contribution is 0.0599. The first-order chi connectivity index (χ1) is 16.0. The molecular formula is C28H32N2O3. The van der Waals surface area contributed by atoms with Gasteiger partial charge in [0.25, 0.3) is 0 Å². The molecule has 3 aromatic rings. The first-order valence-corrected chi connectivity index (χ1v) is 11.6. The maximum atomic E-state index is 12.1. The average Bonchev–Trinajstić information content (AvgIpc) is 2.86. The Hall–Kier alpha value is -3.18. The average molecular weight is 445 g/mol. The summed E-state index contributed by atoms with van der Waals surface area (Å²) in [6.07, 6.45) is 8.19. The maximum Gasteiger partial charge on any atom is 0.338 e. The van der Waals surface area contributed by atoms with E-state index in [4.69, 9.17) is 4.74 Å². The summed E-state index contributed by atoms with van der Waals surface area (Å²) in [6, 6.07) is 16.6. The Morgan fingerprint density at radius 3 is 2.67 bits per heavy atom. The molecule has 1 aromatic heterocycles. The molecule has 0 unspecified atom stereocenters. The number of benzene rings is 2. The number of aromatic nitrogens is 1. The molecule has 0 aliphatic heterocycles. The van der Waals surface area contributed by atoms with E-state index in [2.05, 4.69) is 47.3 Å². The Balaban J connectivity index is 1.50. The SMILES string of the molecule is COC(=O)c1ccncc1CC[C@@H]1CCCc2cc(N(C)c3ccc([C@H](C)O)cc3)ccc21. The summed E-state index contributed by atoms with van der Waals surface area (Å²) in [7, 11) is 3.50. The molecule has 1 aliphatic rings. The van der Waals surface area contributed by atoms with Crippen LogP contribution in [0.4, 0.5) is 11.4 Å². The number of hydrogen-bond acceptors (Lipinski definition) is 5. The Labute approximate surface area is 196 Å². The van der Waals surface area contributed by atoms with E-state index in [9.17, 15) is 9.90 Å². The van der Waals surface area contributed by atoms with Gasteiger partial charge in [0.1, 0.15) is 0 Å². The number of fused-ring (bicyclic) bond motifs is 1. The van der Waals surface area contributed by atoms with E-state index in [1.54, 1.807) is 25.4 Å². The monoisotopic (exact) mass is 444 g/mol. The summed E-state index contributed by atoms with van der Waals surface area (Å²) >= 11 is 0. The molecule has 1 N–H and O–H groups in total. The van der Waals surface area contributed by atoms with Crippen molar-refractivity contribution in [3.63, 3.8) is 0 Å². The van der Waals surface area contributed by atoms with Crippen LogP contribution in [-0.2, 0) is 17.6 Å². The molecule has 1 heterocycles. The third kappa shape index (κ3) is 5.09. The highest BCUT2D eigenvalue weighted by Crippen LogP contribution is 2.38. The van der Waals surface area contributed by atoms with Crippen LogP contribution in [0.25, 0.3) is 0 Å². The van der Waals surface area contributed by atoms with Crippen molar-refractivity contribution < 1.29 is 14.6 Å². The highest BCUT2D eigenvalue weighted by atomic mass is 16.5. The van der Waals surface area contributed by atoms with Crippen LogP contribution >= 0.6 is 0 Å². The van der Waals surface area contributed by atoms with Gasteiger partial charge >= 0.3 is 5.97 Å². The van der Waals surface area contributed by atoms with Gasteiger partial charge in [0.15, 0.2) is 0 Å². The molecule has 5 heteroatoms. The standard InChI is InChI=1S/C28H32N2O3/c1-19(31)20-9-11-24(12-10-20)30(2)25-13-14-26-21(5-4-6-22(26)17-25)7-8-23-18-29-16-15-27(23)28(32)33-3/h9-19,21,31H,4-8H2,1-3H3/t19-,21-/m0/s1. The molecule has 0 radical (unpaired) electrons. The number of hydrogen-bond donors (Lipinski definition) is 1. The molecule has 4 rings (SSSR count). The Kier molecular flexibility index (Phi) is 7.09. The lowest BCUT2D eigenvalue weighted by atomic mass is 9.79. The van der Waals surface area contributed by atoms with Gasteiger partial charge in [-0.05, 0) is 97.5 Å². The Morgan fingerprint density at radius 2 is 1.94 bits per heavy atom. The van der Waals surface area contributed by atoms with Gasteiger partial charge in [-0.3, -0.25) is 4.98 Å². The highest BCUT2D eigenvalue weighted by Gasteiger charge is 2.22. The first kappa shape index (κ1) is 23.0. The number of carbonyl (C=O) groups is 1. The fraction of sp³-hybridized carbons (Fsp3) is 0.357. The van der Waals surface area contributed by atoms with E-state index < -0.39 is 6.10 Å². The molecule has 0 fully saturated rings. The molecule has 1 aliphatic carbocycles. The van der Waals surface area contributed by atoms with Crippen molar-refractivity contribution in [2.24, 2.45) is 0 Å². The van der Waals surface area contributed by atoms with Crippen molar-refractivity contribution in [2.75, 3.05) is 19.1 Å². The number of esters is 1. The molecule has 5 nitrogen and oxygen atoms in total.